The van der Waals surface area contributed by atoms with E-state index in [4.69, 9.17) is 16.3 Å². The van der Waals surface area contributed by atoms with Gasteiger partial charge in [0.1, 0.15) is 11.3 Å². The highest BCUT2D eigenvalue weighted by Gasteiger charge is 2.16. The van der Waals surface area contributed by atoms with E-state index in [0.717, 1.165) is 10.0 Å². The fraction of sp³-hybridized carbons (Fsp3) is 0.0952. The number of carbonyl (C=O) groups excluding carboxylic acids is 2. The largest absolute Gasteiger partial charge is 0.438 e. The second-order valence-corrected chi connectivity index (χ2v) is 7.45. The molecule has 0 radical (unpaired) electrons. The summed E-state index contributed by atoms with van der Waals surface area (Å²) < 4.78 is 6.56. The number of nitrogens with zero attached hydrogens (tertiary/aromatic N) is 1. The first-order valence-corrected chi connectivity index (χ1v) is 9.82. The highest BCUT2D eigenvalue weighted by atomic mass is 79.9. The van der Waals surface area contributed by atoms with Gasteiger partial charge in [0.25, 0.3) is 5.91 Å². The number of nitrogens with one attached hydrogen (secondary N) is 2. The topological polar surface area (TPSA) is 80.3 Å². The second kappa shape index (κ2) is 9.54. The summed E-state index contributed by atoms with van der Waals surface area (Å²) in [5.74, 6) is -0.209. The summed E-state index contributed by atoms with van der Waals surface area (Å²) in [6, 6.07) is 15.7. The SMILES string of the molecule is Cc1ccc(NC(=O)CNC(=O)c2cccnc2Oc2cccc(Br)c2)c(Cl)c1. The quantitative estimate of drug-likeness (QED) is 0.529. The summed E-state index contributed by atoms with van der Waals surface area (Å²) in [5, 5.41) is 5.66. The Bertz CT molecular complexity index is 1060. The second-order valence-electron chi connectivity index (χ2n) is 6.13. The van der Waals surface area contributed by atoms with Crippen LogP contribution in [0.25, 0.3) is 0 Å². The van der Waals surface area contributed by atoms with Crippen LogP contribution in [0.3, 0.4) is 0 Å². The van der Waals surface area contributed by atoms with E-state index >= 15 is 0 Å². The van der Waals surface area contributed by atoms with Gasteiger partial charge in [-0.25, -0.2) is 4.98 Å². The van der Waals surface area contributed by atoms with Crippen LogP contribution in [0.4, 0.5) is 5.69 Å². The number of aromatic nitrogens is 1. The van der Waals surface area contributed by atoms with E-state index in [1.165, 1.54) is 6.20 Å². The van der Waals surface area contributed by atoms with Crippen molar-refractivity contribution in [2.24, 2.45) is 0 Å². The van der Waals surface area contributed by atoms with Crippen molar-refractivity contribution in [2.45, 2.75) is 6.92 Å². The predicted octanol–water partition coefficient (Wildman–Crippen LogP) is 4.97. The molecule has 29 heavy (non-hydrogen) atoms. The lowest BCUT2D eigenvalue weighted by Gasteiger charge is -2.11. The minimum Gasteiger partial charge on any atom is -0.438 e. The number of amides is 2. The van der Waals surface area contributed by atoms with Gasteiger partial charge in [0.05, 0.1) is 17.3 Å². The molecule has 0 bridgehead atoms. The molecule has 148 valence electrons. The van der Waals surface area contributed by atoms with Crippen LogP contribution in [0.15, 0.2) is 65.3 Å². The third-order valence-electron chi connectivity index (χ3n) is 3.83. The number of hydrogen-bond acceptors (Lipinski definition) is 4. The lowest BCUT2D eigenvalue weighted by Crippen LogP contribution is -2.33. The molecule has 3 rings (SSSR count). The molecule has 1 heterocycles. The summed E-state index contributed by atoms with van der Waals surface area (Å²) in [5.41, 5.74) is 1.68. The molecule has 2 aromatic carbocycles. The van der Waals surface area contributed by atoms with Crippen LogP contribution in [0, 0.1) is 6.92 Å². The summed E-state index contributed by atoms with van der Waals surface area (Å²) in [6.45, 7) is 1.67. The van der Waals surface area contributed by atoms with Gasteiger partial charge < -0.3 is 15.4 Å². The van der Waals surface area contributed by atoms with Gasteiger partial charge in [0.2, 0.25) is 11.8 Å². The molecule has 2 amide bonds. The van der Waals surface area contributed by atoms with Crippen molar-refractivity contribution in [3.05, 3.63) is 81.4 Å². The van der Waals surface area contributed by atoms with Crippen LogP contribution in [-0.4, -0.2) is 23.3 Å². The molecular formula is C21H17BrClN3O3. The average Bonchev–Trinajstić information content (AvgIpc) is 2.69. The molecule has 3 aromatic rings. The Morgan fingerprint density at radius 1 is 1.14 bits per heavy atom. The van der Waals surface area contributed by atoms with E-state index in [1.807, 2.05) is 25.1 Å². The minimum atomic E-state index is -0.478. The van der Waals surface area contributed by atoms with Crippen molar-refractivity contribution in [1.82, 2.24) is 10.3 Å². The molecule has 0 aliphatic rings. The maximum atomic E-state index is 12.5. The number of rotatable bonds is 6. The van der Waals surface area contributed by atoms with E-state index < -0.39 is 11.8 Å². The van der Waals surface area contributed by atoms with Gasteiger partial charge in [0, 0.05) is 10.7 Å². The Morgan fingerprint density at radius 2 is 1.97 bits per heavy atom. The van der Waals surface area contributed by atoms with Crippen LogP contribution in [0.2, 0.25) is 5.02 Å². The van der Waals surface area contributed by atoms with Crippen molar-refractivity contribution in [2.75, 3.05) is 11.9 Å². The van der Waals surface area contributed by atoms with Crippen molar-refractivity contribution in [3.8, 4) is 11.6 Å². The number of halogens is 2. The van der Waals surface area contributed by atoms with Gasteiger partial charge in [-0.15, -0.1) is 0 Å². The van der Waals surface area contributed by atoms with Crippen molar-refractivity contribution >= 4 is 45.0 Å². The molecule has 0 fully saturated rings. The molecule has 2 N–H and O–H groups in total. The monoisotopic (exact) mass is 473 g/mol. The first-order chi connectivity index (χ1) is 13.9. The highest BCUT2D eigenvalue weighted by molar-refractivity contribution is 9.10. The number of aryl methyl sites for hydroxylation is 1. The summed E-state index contributed by atoms with van der Waals surface area (Å²) in [7, 11) is 0. The summed E-state index contributed by atoms with van der Waals surface area (Å²) >= 11 is 9.48. The van der Waals surface area contributed by atoms with Crippen LogP contribution >= 0.6 is 27.5 Å². The Labute approximate surface area is 181 Å². The number of ether oxygens (including phenoxy) is 1. The minimum absolute atomic E-state index is 0.144. The van der Waals surface area contributed by atoms with E-state index in [0.29, 0.717) is 16.5 Å². The van der Waals surface area contributed by atoms with Crippen molar-refractivity contribution in [1.29, 1.82) is 0 Å². The Morgan fingerprint density at radius 3 is 2.72 bits per heavy atom. The van der Waals surface area contributed by atoms with Crippen LogP contribution < -0.4 is 15.4 Å². The van der Waals surface area contributed by atoms with E-state index in [9.17, 15) is 9.59 Å². The third-order valence-corrected chi connectivity index (χ3v) is 4.64. The molecule has 1 aromatic heterocycles. The smallest absolute Gasteiger partial charge is 0.257 e. The molecule has 0 atom stereocenters. The number of pyridine rings is 1. The standard InChI is InChI=1S/C21H17BrClN3O3/c1-13-7-8-18(17(23)10-13)26-19(27)12-25-20(28)16-6-3-9-24-21(16)29-15-5-2-4-14(22)11-15/h2-11H,12H2,1H3,(H,25,28)(H,26,27). The van der Waals surface area contributed by atoms with Gasteiger partial charge in [-0.2, -0.15) is 0 Å². The third kappa shape index (κ3) is 5.79. The number of hydrogen-bond donors (Lipinski definition) is 2. The number of benzene rings is 2. The zero-order valence-corrected chi connectivity index (χ0v) is 17.8. The van der Waals surface area contributed by atoms with E-state index in [2.05, 4.69) is 31.5 Å². The first kappa shape index (κ1) is 20.8. The first-order valence-electron chi connectivity index (χ1n) is 8.65. The van der Waals surface area contributed by atoms with Gasteiger partial charge >= 0.3 is 0 Å². The average molecular weight is 475 g/mol. The predicted molar refractivity (Wildman–Crippen MR) is 116 cm³/mol. The molecule has 6 nitrogen and oxygen atoms in total. The van der Waals surface area contributed by atoms with Crippen LogP contribution in [0.5, 0.6) is 11.6 Å². The fourth-order valence-corrected chi connectivity index (χ4v) is 3.12. The molecule has 0 aliphatic heterocycles. The van der Waals surface area contributed by atoms with Gasteiger partial charge in [-0.1, -0.05) is 39.7 Å². The zero-order chi connectivity index (χ0) is 20.8. The fourth-order valence-electron chi connectivity index (χ4n) is 2.46. The van der Waals surface area contributed by atoms with Gasteiger partial charge in [-0.05, 0) is 55.0 Å². The van der Waals surface area contributed by atoms with Gasteiger partial charge in [-0.3, -0.25) is 9.59 Å². The van der Waals surface area contributed by atoms with Crippen molar-refractivity contribution in [3.63, 3.8) is 0 Å². The van der Waals surface area contributed by atoms with E-state index in [-0.39, 0.29) is 18.0 Å². The summed E-state index contributed by atoms with van der Waals surface area (Å²) in [6.07, 6.45) is 1.52. The summed E-state index contributed by atoms with van der Waals surface area (Å²) in [4.78, 5) is 28.8. The van der Waals surface area contributed by atoms with Gasteiger partial charge in [0.15, 0.2) is 0 Å². The molecule has 0 spiro atoms. The van der Waals surface area contributed by atoms with Crippen LogP contribution in [0.1, 0.15) is 15.9 Å². The molecule has 8 heteroatoms. The maximum Gasteiger partial charge on any atom is 0.257 e. The zero-order valence-electron chi connectivity index (χ0n) is 15.4. The highest BCUT2D eigenvalue weighted by Crippen LogP contribution is 2.25. The maximum absolute atomic E-state index is 12.5. The molecule has 0 aliphatic carbocycles. The molecule has 0 saturated carbocycles. The Hall–Kier alpha value is -2.90. The van der Waals surface area contributed by atoms with Crippen molar-refractivity contribution < 1.29 is 14.3 Å². The Balaban J connectivity index is 1.64. The lowest BCUT2D eigenvalue weighted by atomic mass is 10.2. The lowest BCUT2D eigenvalue weighted by molar-refractivity contribution is -0.115. The molecule has 0 unspecified atom stereocenters. The molecular weight excluding hydrogens is 458 g/mol. The number of carbonyl (C=O) groups is 2. The normalized spacial score (nSPS) is 10.3. The Kier molecular flexibility index (Phi) is 6.85. The van der Waals surface area contributed by atoms with Crippen LogP contribution in [-0.2, 0) is 4.79 Å². The molecule has 0 saturated heterocycles. The number of anilines is 1. The van der Waals surface area contributed by atoms with E-state index in [1.54, 1.807) is 36.4 Å².